The third kappa shape index (κ3) is 3.91. The maximum atomic E-state index is 13.3. The van der Waals surface area contributed by atoms with E-state index in [1.54, 1.807) is 11.9 Å². The molecule has 0 spiro atoms. The summed E-state index contributed by atoms with van der Waals surface area (Å²) in [5.74, 6) is -0.463. The van der Waals surface area contributed by atoms with E-state index in [1.165, 1.54) is 13.0 Å². The van der Waals surface area contributed by atoms with E-state index in [-0.39, 0.29) is 29.9 Å². The van der Waals surface area contributed by atoms with Gasteiger partial charge in [-0.3, -0.25) is 9.69 Å². The zero-order valence-electron chi connectivity index (χ0n) is 14.9. The molecule has 0 N–H and O–H groups in total. The average molecular weight is 406 g/mol. The molecule has 1 aliphatic heterocycles. The third-order valence-corrected chi connectivity index (χ3v) is 4.67. The number of hydrogen-bond acceptors (Lipinski definition) is 4. The molecule has 3 rings (SSSR count). The molecule has 28 heavy (non-hydrogen) atoms. The number of alkyl halides is 6. The van der Waals surface area contributed by atoms with Crippen molar-refractivity contribution >= 4 is 16.7 Å². The van der Waals surface area contributed by atoms with Crippen LogP contribution in [-0.2, 0) is 17.1 Å². The summed E-state index contributed by atoms with van der Waals surface area (Å²) in [4.78, 5) is 16.5. The Balaban J connectivity index is 2.10. The highest BCUT2D eigenvalue weighted by Crippen LogP contribution is 2.40. The van der Waals surface area contributed by atoms with Crippen molar-refractivity contribution in [1.29, 1.82) is 0 Å². The van der Waals surface area contributed by atoms with Gasteiger partial charge in [0, 0.05) is 24.4 Å². The van der Waals surface area contributed by atoms with Gasteiger partial charge < -0.3 is 4.74 Å². The summed E-state index contributed by atoms with van der Waals surface area (Å²) in [6, 6.07) is 3.14. The molecule has 0 amide bonds. The van der Waals surface area contributed by atoms with Crippen LogP contribution in [0.1, 0.15) is 24.6 Å². The van der Waals surface area contributed by atoms with Gasteiger partial charge in [0.05, 0.1) is 17.1 Å². The largest absolute Gasteiger partial charge is 0.488 e. The molecule has 1 fully saturated rings. The number of carbonyl (C=O) groups excluding carboxylic acids is 1. The van der Waals surface area contributed by atoms with E-state index >= 15 is 0 Å². The lowest BCUT2D eigenvalue weighted by molar-refractivity contribution is -0.142. The molecule has 1 saturated heterocycles. The topological polar surface area (TPSA) is 42.4 Å². The number of aromatic nitrogens is 1. The van der Waals surface area contributed by atoms with Gasteiger partial charge in [-0.1, -0.05) is 6.07 Å². The van der Waals surface area contributed by atoms with Crippen LogP contribution in [0.5, 0.6) is 5.75 Å². The number of pyridine rings is 1. The molecule has 4 nitrogen and oxygen atoms in total. The third-order valence-electron chi connectivity index (χ3n) is 4.67. The van der Waals surface area contributed by atoms with E-state index in [1.807, 2.05) is 0 Å². The fourth-order valence-electron chi connectivity index (χ4n) is 3.38. The monoisotopic (exact) mass is 406 g/mol. The number of para-hydroxylation sites is 1. The highest BCUT2D eigenvalue weighted by atomic mass is 19.4. The zero-order valence-corrected chi connectivity index (χ0v) is 14.9. The summed E-state index contributed by atoms with van der Waals surface area (Å²) < 4.78 is 85.1. The van der Waals surface area contributed by atoms with Crippen LogP contribution in [0.3, 0.4) is 0 Å². The average Bonchev–Trinajstić information content (AvgIpc) is 2.93. The smallest absolute Gasteiger partial charge is 0.433 e. The molecule has 0 aliphatic carbocycles. The van der Waals surface area contributed by atoms with Crippen molar-refractivity contribution in [2.24, 2.45) is 0 Å². The normalized spacial score (nSPS) is 21.3. The minimum Gasteiger partial charge on any atom is -0.488 e. The standard InChI is InChI=1S/C18H16F6N2O2/c1-9(27)13-6-10(8-26(13)2)28-14-7-15(18(22,23)24)25-16-11(14)4-3-5-12(16)17(19,20)21/h3-5,7,10,13H,6,8H2,1-2H3. The summed E-state index contributed by atoms with van der Waals surface area (Å²) >= 11 is 0. The molecule has 1 aliphatic rings. The predicted molar refractivity (Wildman–Crippen MR) is 87.9 cm³/mol. The SMILES string of the molecule is CC(=O)C1CC(Oc2cc(C(F)(F)F)nc3c(C(F)(F)F)cccc23)CN1C. The Morgan fingerprint density at radius 3 is 2.39 bits per heavy atom. The first-order chi connectivity index (χ1) is 12.9. The van der Waals surface area contributed by atoms with E-state index < -0.39 is 41.3 Å². The lowest BCUT2D eigenvalue weighted by Crippen LogP contribution is -2.31. The molecule has 2 aromatic rings. The first-order valence-electron chi connectivity index (χ1n) is 8.33. The number of likely N-dealkylation sites (N-methyl/N-ethyl adjacent to an activating group) is 1. The minimum atomic E-state index is -4.95. The Kier molecular flexibility index (Phi) is 5.03. The van der Waals surface area contributed by atoms with Crippen LogP contribution in [0.4, 0.5) is 26.3 Å². The molecule has 0 saturated carbocycles. The molecule has 2 unspecified atom stereocenters. The van der Waals surface area contributed by atoms with Crippen LogP contribution in [0.15, 0.2) is 24.3 Å². The fourth-order valence-corrected chi connectivity index (χ4v) is 3.38. The second-order valence-corrected chi connectivity index (χ2v) is 6.74. The van der Waals surface area contributed by atoms with Gasteiger partial charge in [-0.2, -0.15) is 26.3 Å². The van der Waals surface area contributed by atoms with Crippen molar-refractivity contribution in [2.75, 3.05) is 13.6 Å². The zero-order chi connectivity index (χ0) is 20.9. The molecule has 1 aromatic heterocycles. The summed E-state index contributed by atoms with van der Waals surface area (Å²) in [5.41, 5.74) is -3.57. The molecule has 2 heterocycles. The van der Waals surface area contributed by atoms with Crippen LogP contribution in [0.25, 0.3) is 10.9 Å². The van der Waals surface area contributed by atoms with Crippen LogP contribution in [0, 0.1) is 0 Å². The predicted octanol–water partition coefficient (Wildman–Crippen LogP) is 4.31. The summed E-state index contributed by atoms with van der Waals surface area (Å²) in [6.45, 7) is 1.65. The lowest BCUT2D eigenvalue weighted by atomic mass is 10.1. The molecule has 1 aromatic carbocycles. The first kappa shape index (κ1) is 20.4. The van der Waals surface area contributed by atoms with Gasteiger partial charge in [-0.15, -0.1) is 0 Å². The number of ether oxygens (including phenoxy) is 1. The molecule has 2 atom stereocenters. The number of fused-ring (bicyclic) bond motifs is 1. The second kappa shape index (κ2) is 6.91. The van der Waals surface area contributed by atoms with Gasteiger partial charge in [0.15, 0.2) is 0 Å². The van der Waals surface area contributed by atoms with Crippen LogP contribution >= 0.6 is 0 Å². The Bertz CT molecular complexity index is 909. The van der Waals surface area contributed by atoms with Crippen LogP contribution < -0.4 is 4.74 Å². The van der Waals surface area contributed by atoms with E-state index in [0.29, 0.717) is 12.1 Å². The molecular formula is C18H16F6N2O2. The fraction of sp³-hybridized carbons (Fsp3) is 0.444. The van der Waals surface area contributed by atoms with E-state index in [9.17, 15) is 31.1 Å². The van der Waals surface area contributed by atoms with Crippen LogP contribution in [0.2, 0.25) is 0 Å². The van der Waals surface area contributed by atoms with Crippen LogP contribution in [-0.4, -0.2) is 41.4 Å². The van der Waals surface area contributed by atoms with Crippen molar-refractivity contribution in [3.8, 4) is 5.75 Å². The number of likely N-dealkylation sites (tertiary alicyclic amines) is 1. The van der Waals surface area contributed by atoms with Crippen molar-refractivity contribution in [3.63, 3.8) is 0 Å². The van der Waals surface area contributed by atoms with Gasteiger partial charge in [0.1, 0.15) is 23.3 Å². The Labute approximate surface area is 156 Å². The van der Waals surface area contributed by atoms with E-state index in [4.69, 9.17) is 4.74 Å². The first-order valence-corrected chi connectivity index (χ1v) is 8.33. The van der Waals surface area contributed by atoms with Crippen molar-refractivity contribution < 1.29 is 35.9 Å². The number of hydrogen-bond donors (Lipinski definition) is 0. The van der Waals surface area contributed by atoms with Crippen molar-refractivity contribution in [1.82, 2.24) is 9.88 Å². The highest BCUT2D eigenvalue weighted by Gasteiger charge is 2.39. The maximum absolute atomic E-state index is 13.3. The van der Waals surface area contributed by atoms with Gasteiger partial charge in [0.25, 0.3) is 0 Å². The van der Waals surface area contributed by atoms with Gasteiger partial charge in [-0.25, -0.2) is 4.98 Å². The van der Waals surface area contributed by atoms with Crippen molar-refractivity contribution in [2.45, 2.75) is 37.8 Å². The minimum absolute atomic E-state index is 0.122. The van der Waals surface area contributed by atoms with Gasteiger partial charge in [-0.05, 0) is 26.1 Å². The Hall–Kier alpha value is -2.36. The summed E-state index contributed by atoms with van der Waals surface area (Å²) in [7, 11) is 1.67. The molecule has 0 bridgehead atoms. The number of Topliss-reactive ketones (excluding diaryl/α,β-unsaturated/α-hetero) is 1. The van der Waals surface area contributed by atoms with E-state index in [2.05, 4.69) is 4.98 Å². The highest BCUT2D eigenvalue weighted by molar-refractivity contribution is 5.88. The number of rotatable bonds is 3. The quantitative estimate of drug-likeness (QED) is 0.713. The lowest BCUT2D eigenvalue weighted by Gasteiger charge is -2.18. The second-order valence-electron chi connectivity index (χ2n) is 6.74. The maximum Gasteiger partial charge on any atom is 0.433 e. The van der Waals surface area contributed by atoms with Crippen molar-refractivity contribution in [3.05, 3.63) is 35.5 Å². The molecule has 10 heteroatoms. The molecular weight excluding hydrogens is 390 g/mol. The molecule has 152 valence electrons. The Morgan fingerprint density at radius 1 is 1.18 bits per heavy atom. The van der Waals surface area contributed by atoms with Gasteiger partial charge >= 0.3 is 12.4 Å². The Morgan fingerprint density at radius 2 is 1.86 bits per heavy atom. The number of ketones is 1. The number of nitrogens with zero attached hydrogens (tertiary/aromatic N) is 2. The summed E-state index contributed by atoms with van der Waals surface area (Å²) in [5, 5.41) is -0.170. The molecule has 0 radical (unpaired) electrons. The van der Waals surface area contributed by atoms with E-state index in [0.717, 1.165) is 6.07 Å². The summed E-state index contributed by atoms with van der Waals surface area (Å²) in [6.07, 6.45) is -10.2. The van der Waals surface area contributed by atoms with Gasteiger partial charge in [0.2, 0.25) is 0 Å². The number of halogens is 6. The number of carbonyl (C=O) groups is 1. The number of benzene rings is 1.